The molecule has 3 heteroatoms. The molecule has 0 aliphatic carbocycles. The van der Waals surface area contributed by atoms with Crippen molar-refractivity contribution in [2.45, 2.75) is 39.3 Å². The van der Waals surface area contributed by atoms with E-state index < -0.39 is 0 Å². The van der Waals surface area contributed by atoms with E-state index in [2.05, 4.69) is 34.9 Å². The van der Waals surface area contributed by atoms with Crippen molar-refractivity contribution in [3.63, 3.8) is 0 Å². The second kappa shape index (κ2) is 3.50. The second-order valence-electron chi connectivity index (χ2n) is 3.67. The lowest BCUT2D eigenvalue weighted by molar-refractivity contribution is 0.569. The largest absolute Gasteiger partial charge is 0.333 e. The molecule has 1 N–H and O–H groups in total. The molecule has 1 aliphatic rings. The van der Waals surface area contributed by atoms with Crippen LogP contribution in [0.2, 0.25) is 0 Å². The average Bonchev–Trinajstić information content (AvgIpc) is 2.48. The first-order chi connectivity index (χ1) is 6.31. The van der Waals surface area contributed by atoms with E-state index in [1.54, 1.807) is 0 Å². The first-order valence-electron chi connectivity index (χ1n) is 5.10. The van der Waals surface area contributed by atoms with Crippen molar-refractivity contribution in [3.8, 4) is 0 Å². The summed E-state index contributed by atoms with van der Waals surface area (Å²) >= 11 is 0. The molecule has 0 saturated heterocycles. The monoisotopic (exact) mass is 179 g/mol. The van der Waals surface area contributed by atoms with Gasteiger partial charge in [-0.15, -0.1) is 0 Å². The quantitative estimate of drug-likeness (QED) is 0.708. The zero-order chi connectivity index (χ0) is 9.26. The maximum Gasteiger partial charge on any atom is 0.125 e. The molecule has 0 aromatic carbocycles. The van der Waals surface area contributed by atoms with Crippen LogP contribution >= 0.6 is 0 Å². The third-order valence-corrected chi connectivity index (χ3v) is 2.63. The Morgan fingerprint density at radius 3 is 3.31 bits per heavy atom. The van der Waals surface area contributed by atoms with E-state index in [1.165, 1.54) is 17.9 Å². The van der Waals surface area contributed by atoms with Crippen molar-refractivity contribution in [1.82, 2.24) is 14.9 Å². The molecule has 13 heavy (non-hydrogen) atoms. The molecule has 0 spiro atoms. The minimum Gasteiger partial charge on any atom is -0.333 e. The molecule has 0 bridgehead atoms. The van der Waals surface area contributed by atoms with E-state index in [0.717, 1.165) is 19.5 Å². The number of fused-ring (bicyclic) bond motifs is 1. The van der Waals surface area contributed by atoms with Crippen LogP contribution in [-0.2, 0) is 13.0 Å². The molecular weight excluding hydrogens is 162 g/mol. The summed E-state index contributed by atoms with van der Waals surface area (Å²) in [5.74, 6) is 1.20. The highest BCUT2D eigenvalue weighted by molar-refractivity contribution is 5.08. The first-order valence-corrected chi connectivity index (χ1v) is 5.10. The second-order valence-corrected chi connectivity index (χ2v) is 3.67. The van der Waals surface area contributed by atoms with Gasteiger partial charge in [0, 0.05) is 12.7 Å². The summed E-state index contributed by atoms with van der Waals surface area (Å²) in [6, 6.07) is 0.405. The van der Waals surface area contributed by atoms with Crippen LogP contribution in [-0.4, -0.2) is 16.1 Å². The van der Waals surface area contributed by atoms with Crippen molar-refractivity contribution >= 4 is 0 Å². The number of hydrogen-bond acceptors (Lipinski definition) is 2. The van der Waals surface area contributed by atoms with Gasteiger partial charge in [0.25, 0.3) is 0 Å². The van der Waals surface area contributed by atoms with Gasteiger partial charge < -0.3 is 9.88 Å². The Morgan fingerprint density at radius 1 is 1.69 bits per heavy atom. The Kier molecular flexibility index (Phi) is 2.36. The Labute approximate surface area is 79.2 Å². The van der Waals surface area contributed by atoms with Crippen molar-refractivity contribution in [3.05, 3.63) is 17.7 Å². The highest BCUT2D eigenvalue weighted by Gasteiger charge is 2.16. The van der Waals surface area contributed by atoms with Gasteiger partial charge in [-0.3, -0.25) is 0 Å². The predicted octanol–water partition coefficient (Wildman–Crippen LogP) is 1.50. The van der Waals surface area contributed by atoms with Gasteiger partial charge in [-0.25, -0.2) is 4.98 Å². The molecule has 0 radical (unpaired) electrons. The lowest BCUT2D eigenvalue weighted by atomic mass is 10.3. The van der Waals surface area contributed by atoms with E-state index >= 15 is 0 Å². The highest BCUT2D eigenvalue weighted by atomic mass is 15.1. The van der Waals surface area contributed by atoms with E-state index in [-0.39, 0.29) is 0 Å². The molecule has 2 heterocycles. The van der Waals surface area contributed by atoms with Gasteiger partial charge in [-0.05, 0) is 26.3 Å². The van der Waals surface area contributed by atoms with Gasteiger partial charge in [-0.1, -0.05) is 6.92 Å². The van der Waals surface area contributed by atoms with Crippen molar-refractivity contribution in [2.75, 3.05) is 6.54 Å². The molecule has 0 amide bonds. The third kappa shape index (κ3) is 1.61. The smallest absolute Gasteiger partial charge is 0.125 e. The molecule has 0 fully saturated rings. The van der Waals surface area contributed by atoms with Gasteiger partial charge in [0.05, 0.1) is 11.7 Å². The summed E-state index contributed by atoms with van der Waals surface area (Å²) in [6.45, 7) is 6.55. The fourth-order valence-electron chi connectivity index (χ4n) is 1.84. The number of rotatable bonds is 1. The Bertz CT molecular complexity index is 290. The van der Waals surface area contributed by atoms with Crippen LogP contribution in [0.15, 0.2) is 6.20 Å². The predicted molar refractivity (Wildman–Crippen MR) is 52.6 cm³/mol. The summed E-state index contributed by atoms with van der Waals surface area (Å²) in [6.07, 6.45) is 4.43. The van der Waals surface area contributed by atoms with Crippen LogP contribution in [0.25, 0.3) is 0 Å². The number of hydrogen-bond donors (Lipinski definition) is 1. The molecule has 2 rings (SSSR count). The first kappa shape index (κ1) is 8.75. The molecule has 1 aliphatic heterocycles. The average molecular weight is 179 g/mol. The zero-order valence-electron chi connectivity index (χ0n) is 8.38. The fraction of sp³-hybridized carbons (Fsp3) is 0.700. The van der Waals surface area contributed by atoms with Crippen LogP contribution < -0.4 is 5.32 Å². The minimum atomic E-state index is 0.405. The summed E-state index contributed by atoms with van der Waals surface area (Å²) in [5, 5.41) is 3.45. The normalized spacial score (nSPS) is 22.5. The van der Waals surface area contributed by atoms with E-state index in [1.807, 2.05) is 0 Å². The van der Waals surface area contributed by atoms with Crippen LogP contribution in [0.5, 0.6) is 0 Å². The van der Waals surface area contributed by atoms with E-state index in [9.17, 15) is 0 Å². The molecule has 0 unspecified atom stereocenters. The Morgan fingerprint density at radius 2 is 2.54 bits per heavy atom. The molecule has 3 nitrogen and oxygen atoms in total. The third-order valence-electron chi connectivity index (χ3n) is 2.63. The molecular formula is C10H17N3. The van der Waals surface area contributed by atoms with Gasteiger partial charge in [0.2, 0.25) is 0 Å². The summed E-state index contributed by atoms with van der Waals surface area (Å²) in [5.41, 5.74) is 1.21. The molecule has 72 valence electrons. The fourth-order valence-corrected chi connectivity index (χ4v) is 1.84. The van der Waals surface area contributed by atoms with Crippen LogP contribution in [0.1, 0.15) is 37.8 Å². The number of nitrogens with zero attached hydrogens (tertiary/aromatic N) is 2. The highest BCUT2D eigenvalue weighted by Crippen LogP contribution is 2.16. The van der Waals surface area contributed by atoms with Gasteiger partial charge in [0.1, 0.15) is 5.82 Å². The molecule has 0 saturated carbocycles. The number of aryl methyl sites for hydroxylation is 2. The van der Waals surface area contributed by atoms with Crippen molar-refractivity contribution in [2.24, 2.45) is 0 Å². The maximum atomic E-state index is 4.61. The molecule has 1 aromatic rings. The SMILES string of the molecule is CCc1cn2c(n1)[C@H](C)NCCC2. The van der Waals surface area contributed by atoms with Crippen molar-refractivity contribution < 1.29 is 0 Å². The van der Waals surface area contributed by atoms with Gasteiger partial charge in [0.15, 0.2) is 0 Å². The topological polar surface area (TPSA) is 29.9 Å². The lowest BCUT2D eigenvalue weighted by Crippen LogP contribution is -2.18. The van der Waals surface area contributed by atoms with Crippen LogP contribution in [0, 0.1) is 0 Å². The molecule has 1 aromatic heterocycles. The minimum absolute atomic E-state index is 0.405. The maximum absolute atomic E-state index is 4.61. The van der Waals surface area contributed by atoms with Crippen molar-refractivity contribution in [1.29, 1.82) is 0 Å². The van der Waals surface area contributed by atoms with Crippen LogP contribution in [0.4, 0.5) is 0 Å². The van der Waals surface area contributed by atoms with E-state index in [4.69, 9.17) is 0 Å². The Hall–Kier alpha value is -0.830. The standard InChI is InChI=1S/C10H17N3/c1-3-9-7-13-6-4-5-11-8(2)10(13)12-9/h7-8,11H,3-6H2,1-2H3/t8-/m0/s1. The zero-order valence-corrected chi connectivity index (χ0v) is 8.38. The Balaban J connectivity index is 2.33. The molecule has 1 atom stereocenters. The lowest BCUT2D eigenvalue weighted by Gasteiger charge is -2.08. The van der Waals surface area contributed by atoms with E-state index in [0.29, 0.717) is 6.04 Å². The van der Waals surface area contributed by atoms with Crippen LogP contribution in [0.3, 0.4) is 0 Å². The number of imidazole rings is 1. The summed E-state index contributed by atoms with van der Waals surface area (Å²) in [7, 11) is 0. The van der Waals surface area contributed by atoms with Gasteiger partial charge >= 0.3 is 0 Å². The summed E-state index contributed by atoms with van der Waals surface area (Å²) in [4.78, 5) is 4.61. The summed E-state index contributed by atoms with van der Waals surface area (Å²) < 4.78 is 2.30. The number of aromatic nitrogens is 2. The number of nitrogens with one attached hydrogen (secondary N) is 1. The van der Waals surface area contributed by atoms with Gasteiger partial charge in [-0.2, -0.15) is 0 Å².